The second-order valence-electron chi connectivity index (χ2n) is 16.0. The Labute approximate surface area is 338 Å². The minimum absolute atomic E-state index is 0.0184. The van der Waals surface area contributed by atoms with E-state index < -0.39 is 71.8 Å². The predicted molar refractivity (Wildman–Crippen MR) is 212 cm³/mol. The van der Waals surface area contributed by atoms with Crippen LogP contribution in [0.1, 0.15) is 57.8 Å². The average molecular weight is 802 g/mol. The molecule has 1 unspecified atom stereocenters. The topological polar surface area (TPSA) is 208 Å². The number of rotatable bonds is 6. The third-order valence-electron chi connectivity index (χ3n) is 10.3. The van der Waals surface area contributed by atoms with Crippen molar-refractivity contribution in [3.05, 3.63) is 72.1 Å². The number of aliphatic hydroxyl groups is 1. The van der Waals surface area contributed by atoms with Gasteiger partial charge < -0.3 is 40.5 Å². The molecular weight excluding hydrogens is 747 g/mol. The van der Waals surface area contributed by atoms with Crippen molar-refractivity contribution in [2.75, 3.05) is 46.9 Å². The van der Waals surface area contributed by atoms with Crippen molar-refractivity contribution in [2.45, 2.75) is 83.8 Å². The molecule has 5 rings (SSSR count). The molecule has 1 aromatic heterocycles. The highest BCUT2D eigenvalue weighted by molar-refractivity contribution is 5.95. The van der Waals surface area contributed by atoms with Crippen LogP contribution in [0.2, 0.25) is 0 Å². The fourth-order valence-electron chi connectivity index (χ4n) is 7.15. The number of carbonyl (C=O) groups is 6. The number of likely N-dealkylation sites (N-methyl/N-ethyl adjacent to an activating group) is 2. The smallest absolute Gasteiger partial charge is 0.248 e. The summed E-state index contributed by atoms with van der Waals surface area (Å²) in [6.07, 6.45) is 0.747. The summed E-state index contributed by atoms with van der Waals surface area (Å²) in [6, 6.07) is 12.9. The Bertz CT molecular complexity index is 1930. The molecule has 4 N–H and O–H groups in total. The molecule has 5 atom stereocenters. The first-order valence-corrected chi connectivity index (χ1v) is 19.5. The molecule has 6 amide bonds. The molecule has 17 heteroatoms. The second-order valence-corrected chi connectivity index (χ2v) is 16.0. The van der Waals surface area contributed by atoms with Gasteiger partial charge in [0.15, 0.2) is 0 Å². The molecule has 312 valence electrons. The van der Waals surface area contributed by atoms with Gasteiger partial charge in [-0.05, 0) is 22.1 Å². The van der Waals surface area contributed by atoms with Gasteiger partial charge in [-0.1, -0.05) is 87.5 Å². The van der Waals surface area contributed by atoms with Crippen LogP contribution in [0.4, 0.5) is 0 Å². The highest BCUT2D eigenvalue weighted by atomic mass is 16.5. The van der Waals surface area contributed by atoms with Gasteiger partial charge in [-0.25, -0.2) is 4.68 Å². The van der Waals surface area contributed by atoms with Gasteiger partial charge in [-0.3, -0.25) is 28.8 Å². The van der Waals surface area contributed by atoms with Crippen molar-refractivity contribution < 1.29 is 38.6 Å². The zero-order valence-electron chi connectivity index (χ0n) is 34.0. The van der Waals surface area contributed by atoms with Crippen molar-refractivity contribution in [2.24, 2.45) is 5.41 Å². The normalized spacial score (nSPS) is 23.2. The Morgan fingerprint density at radius 3 is 2.31 bits per heavy atom. The van der Waals surface area contributed by atoms with E-state index in [0.29, 0.717) is 11.3 Å². The van der Waals surface area contributed by atoms with Crippen molar-refractivity contribution in [1.82, 2.24) is 45.6 Å². The molecule has 2 aliphatic heterocycles. The van der Waals surface area contributed by atoms with Crippen LogP contribution in [0.25, 0.3) is 11.1 Å². The second kappa shape index (κ2) is 19.2. The largest absolute Gasteiger partial charge is 0.391 e. The van der Waals surface area contributed by atoms with Gasteiger partial charge in [-0.15, -0.1) is 5.10 Å². The SMILES string of the molecule is CCC(=O)N(C)C[C@H]1NC(=O)CNC(=O)[C@@H](Cc2ccc(-c3ccccc3)cc2)NC(=O)[C@@H]2C[C@@H](O)CN2C(=O)C(C(C)(C)C)n2cc(nn2)COCCN(C)C1=O. The van der Waals surface area contributed by atoms with E-state index in [0.717, 1.165) is 11.1 Å². The van der Waals surface area contributed by atoms with E-state index in [4.69, 9.17) is 4.74 Å². The third kappa shape index (κ3) is 11.0. The molecule has 3 aromatic rings. The van der Waals surface area contributed by atoms with Crippen LogP contribution in [0, 0.1) is 5.41 Å². The van der Waals surface area contributed by atoms with Gasteiger partial charge in [0.25, 0.3) is 0 Å². The third-order valence-corrected chi connectivity index (χ3v) is 10.3. The maximum atomic E-state index is 14.4. The Morgan fingerprint density at radius 2 is 1.64 bits per heavy atom. The Morgan fingerprint density at radius 1 is 0.948 bits per heavy atom. The standard InChI is InChI=1S/C41H55N9O8/c1-7-35(53)48(6)24-32-39(56)47(5)17-18-58-25-29-22-50(46-45-29)36(41(2,3)4)40(57)49-23-30(51)20-33(49)38(55)44-31(37(54)42-21-34(52)43-32)19-26-13-15-28(16-14-26)27-11-9-8-10-12-27/h8-16,22,30-33,36,51H,7,17-21,23-25H2,1-6H3,(H,42,54)(H,43,52)(H,44,55)/t30-,31-,32-,33+,36?/m1/s1. The van der Waals surface area contributed by atoms with Crippen LogP contribution >= 0.6 is 0 Å². The first kappa shape index (κ1) is 43.4. The summed E-state index contributed by atoms with van der Waals surface area (Å²) >= 11 is 0. The molecule has 2 aliphatic rings. The van der Waals surface area contributed by atoms with Crippen LogP contribution in [-0.2, 0) is 46.5 Å². The summed E-state index contributed by atoms with van der Waals surface area (Å²) in [7, 11) is 3.08. The highest BCUT2D eigenvalue weighted by Crippen LogP contribution is 2.34. The molecule has 1 fully saturated rings. The zero-order chi connectivity index (χ0) is 42.1. The highest BCUT2D eigenvalue weighted by Gasteiger charge is 2.46. The fourth-order valence-corrected chi connectivity index (χ4v) is 7.15. The minimum atomic E-state index is -1.21. The number of hydrogen-bond donors (Lipinski definition) is 4. The van der Waals surface area contributed by atoms with Crippen LogP contribution in [0.15, 0.2) is 60.8 Å². The number of nitrogens with one attached hydrogen (secondary N) is 3. The number of hydrogen-bond acceptors (Lipinski definition) is 10. The molecule has 17 nitrogen and oxygen atoms in total. The van der Waals surface area contributed by atoms with E-state index in [1.54, 1.807) is 20.2 Å². The molecule has 1 saturated heterocycles. The van der Waals surface area contributed by atoms with Crippen LogP contribution in [-0.4, -0.2) is 141 Å². The van der Waals surface area contributed by atoms with E-state index in [1.165, 1.54) is 26.4 Å². The lowest BCUT2D eigenvalue weighted by Gasteiger charge is -2.35. The van der Waals surface area contributed by atoms with Gasteiger partial charge in [0.1, 0.15) is 29.9 Å². The lowest BCUT2D eigenvalue weighted by molar-refractivity contribution is -0.144. The molecule has 0 saturated carbocycles. The predicted octanol–water partition coefficient (Wildman–Crippen LogP) is 0.680. The van der Waals surface area contributed by atoms with Crippen molar-refractivity contribution >= 4 is 35.4 Å². The summed E-state index contributed by atoms with van der Waals surface area (Å²) in [5.41, 5.74) is 2.37. The molecular formula is C41H55N9O8. The fraction of sp³-hybridized carbons (Fsp3) is 0.512. The number of benzene rings is 2. The first-order chi connectivity index (χ1) is 27.5. The van der Waals surface area contributed by atoms with E-state index in [1.807, 2.05) is 75.4 Å². The number of carbonyl (C=O) groups excluding carboxylic acids is 6. The number of fused-ring (bicyclic) bond motifs is 3. The monoisotopic (exact) mass is 801 g/mol. The molecule has 0 radical (unpaired) electrons. The summed E-state index contributed by atoms with van der Waals surface area (Å²) < 4.78 is 7.23. The Balaban J connectivity index is 1.46. The Kier molecular flexibility index (Phi) is 14.4. The quantitative estimate of drug-likeness (QED) is 0.274. The maximum Gasteiger partial charge on any atom is 0.248 e. The zero-order valence-corrected chi connectivity index (χ0v) is 34.0. The molecule has 2 aromatic carbocycles. The van der Waals surface area contributed by atoms with Crippen molar-refractivity contribution in [1.29, 1.82) is 0 Å². The van der Waals surface area contributed by atoms with E-state index in [2.05, 4.69) is 26.3 Å². The summed E-state index contributed by atoms with van der Waals surface area (Å²) in [5.74, 6) is -3.21. The van der Waals surface area contributed by atoms with Gasteiger partial charge >= 0.3 is 0 Å². The lowest BCUT2D eigenvalue weighted by Crippen LogP contribution is -2.57. The van der Waals surface area contributed by atoms with Gasteiger partial charge in [0.05, 0.1) is 32.1 Å². The molecule has 58 heavy (non-hydrogen) atoms. The number of aliphatic hydroxyl groups excluding tert-OH is 1. The van der Waals surface area contributed by atoms with Crippen molar-refractivity contribution in [3.63, 3.8) is 0 Å². The van der Waals surface area contributed by atoms with Crippen LogP contribution in [0.3, 0.4) is 0 Å². The number of nitrogens with zero attached hydrogens (tertiary/aromatic N) is 6. The van der Waals surface area contributed by atoms with Gasteiger partial charge in [0.2, 0.25) is 35.4 Å². The number of aromatic nitrogens is 3. The van der Waals surface area contributed by atoms with Crippen LogP contribution < -0.4 is 16.0 Å². The Hall–Kier alpha value is -5.68. The van der Waals surface area contributed by atoms with E-state index >= 15 is 0 Å². The summed E-state index contributed by atoms with van der Waals surface area (Å²) in [4.78, 5) is 86.0. The minimum Gasteiger partial charge on any atom is -0.391 e. The molecule has 0 aliphatic carbocycles. The maximum absolute atomic E-state index is 14.4. The van der Waals surface area contributed by atoms with E-state index in [9.17, 15) is 33.9 Å². The molecule has 0 spiro atoms. The van der Waals surface area contributed by atoms with Gasteiger partial charge in [0, 0.05) is 53.0 Å². The molecule has 3 heterocycles. The first-order valence-electron chi connectivity index (χ1n) is 19.5. The average Bonchev–Trinajstić information content (AvgIpc) is 3.83. The van der Waals surface area contributed by atoms with Gasteiger partial charge in [-0.2, -0.15) is 0 Å². The summed E-state index contributed by atoms with van der Waals surface area (Å²) in [5, 5.41) is 27.3. The van der Waals surface area contributed by atoms with Crippen LogP contribution in [0.5, 0.6) is 0 Å². The number of ether oxygens (including phenoxy) is 1. The lowest BCUT2D eigenvalue weighted by atomic mass is 9.85. The molecule has 2 bridgehead atoms. The number of amides is 6. The summed E-state index contributed by atoms with van der Waals surface area (Å²) in [6.45, 7) is 6.73. The van der Waals surface area contributed by atoms with E-state index in [-0.39, 0.29) is 58.0 Å². The van der Waals surface area contributed by atoms with Crippen molar-refractivity contribution in [3.8, 4) is 11.1 Å².